The molecule has 0 amide bonds. The predicted octanol–water partition coefficient (Wildman–Crippen LogP) is 1.61. The minimum Gasteiger partial charge on any atom is -0.310 e. The summed E-state index contributed by atoms with van der Waals surface area (Å²) in [7, 11) is 0. The first-order valence-electron chi connectivity index (χ1n) is 4.75. The molecule has 1 N–H and O–H groups in total. The van der Waals surface area contributed by atoms with Gasteiger partial charge >= 0.3 is 0 Å². The molecule has 1 aromatic rings. The molecule has 0 atom stereocenters. The van der Waals surface area contributed by atoms with E-state index in [4.69, 9.17) is 0 Å². The quantitative estimate of drug-likeness (QED) is 0.698. The maximum atomic E-state index is 4.12. The standard InChI is InChI=1S/C10H17N3/c1-9(2)4-7-11-8-10-12-5-3-6-13-10/h3,5-6,9,11H,4,7-8H2,1-2H3. The van der Waals surface area contributed by atoms with Gasteiger partial charge in [0.25, 0.3) is 0 Å². The van der Waals surface area contributed by atoms with Crippen LogP contribution in [-0.4, -0.2) is 16.5 Å². The third kappa shape index (κ3) is 4.58. The molecule has 0 bridgehead atoms. The predicted molar refractivity (Wildman–Crippen MR) is 53.2 cm³/mol. The van der Waals surface area contributed by atoms with E-state index < -0.39 is 0 Å². The van der Waals surface area contributed by atoms with Gasteiger partial charge in [-0.05, 0) is 24.9 Å². The summed E-state index contributed by atoms with van der Waals surface area (Å²) in [5, 5.41) is 3.31. The van der Waals surface area contributed by atoms with E-state index in [1.807, 2.05) is 6.07 Å². The van der Waals surface area contributed by atoms with Crippen molar-refractivity contribution in [3.05, 3.63) is 24.3 Å². The molecule has 1 heterocycles. The van der Waals surface area contributed by atoms with Crippen molar-refractivity contribution in [3.8, 4) is 0 Å². The fraction of sp³-hybridized carbons (Fsp3) is 0.600. The summed E-state index contributed by atoms with van der Waals surface area (Å²) in [5.74, 6) is 1.62. The molecule has 0 aromatic carbocycles. The van der Waals surface area contributed by atoms with Crippen LogP contribution in [-0.2, 0) is 6.54 Å². The highest BCUT2D eigenvalue weighted by atomic mass is 14.9. The molecule has 0 radical (unpaired) electrons. The molecular formula is C10H17N3. The van der Waals surface area contributed by atoms with E-state index >= 15 is 0 Å². The largest absolute Gasteiger partial charge is 0.310 e. The molecule has 3 nitrogen and oxygen atoms in total. The molecule has 3 heteroatoms. The first-order valence-corrected chi connectivity index (χ1v) is 4.75. The molecule has 1 aromatic heterocycles. The molecule has 0 aliphatic rings. The molecule has 0 spiro atoms. The zero-order valence-corrected chi connectivity index (χ0v) is 8.33. The van der Waals surface area contributed by atoms with Crippen LogP contribution in [0.25, 0.3) is 0 Å². The lowest BCUT2D eigenvalue weighted by molar-refractivity contribution is 0.531. The number of rotatable bonds is 5. The second-order valence-corrected chi connectivity index (χ2v) is 3.52. The Balaban J connectivity index is 2.13. The molecule has 0 aliphatic heterocycles. The smallest absolute Gasteiger partial charge is 0.141 e. The van der Waals surface area contributed by atoms with Gasteiger partial charge in [-0.25, -0.2) is 9.97 Å². The van der Waals surface area contributed by atoms with E-state index in [1.165, 1.54) is 6.42 Å². The Kier molecular flexibility index (Phi) is 4.40. The van der Waals surface area contributed by atoms with Gasteiger partial charge in [-0.1, -0.05) is 13.8 Å². The van der Waals surface area contributed by atoms with Crippen LogP contribution < -0.4 is 5.32 Å². The Morgan fingerprint density at radius 2 is 2.00 bits per heavy atom. The van der Waals surface area contributed by atoms with Gasteiger partial charge in [0.1, 0.15) is 5.82 Å². The lowest BCUT2D eigenvalue weighted by atomic mass is 10.1. The third-order valence-corrected chi connectivity index (χ3v) is 1.80. The van der Waals surface area contributed by atoms with Gasteiger partial charge in [-0.2, -0.15) is 0 Å². The van der Waals surface area contributed by atoms with Crippen LogP contribution in [0.5, 0.6) is 0 Å². The Hall–Kier alpha value is -0.960. The van der Waals surface area contributed by atoms with Gasteiger partial charge < -0.3 is 5.32 Å². The van der Waals surface area contributed by atoms with Crippen molar-refractivity contribution >= 4 is 0 Å². The lowest BCUT2D eigenvalue weighted by Gasteiger charge is -2.05. The molecule has 72 valence electrons. The summed E-state index contributed by atoms with van der Waals surface area (Å²) in [5.41, 5.74) is 0. The minimum absolute atomic E-state index is 0.754. The first-order chi connectivity index (χ1) is 6.29. The van der Waals surface area contributed by atoms with Crippen LogP contribution in [0.4, 0.5) is 0 Å². The second-order valence-electron chi connectivity index (χ2n) is 3.52. The first kappa shape index (κ1) is 10.1. The average molecular weight is 179 g/mol. The summed E-state index contributed by atoms with van der Waals surface area (Å²) < 4.78 is 0. The van der Waals surface area contributed by atoms with Crippen molar-refractivity contribution in [1.29, 1.82) is 0 Å². The normalized spacial score (nSPS) is 10.7. The maximum absolute atomic E-state index is 4.12. The second kappa shape index (κ2) is 5.65. The highest BCUT2D eigenvalue weighted by Crippen LogP contribution is 1.96. The minimum atomic E-state index is 0.754. The van der Waals surface area contributed by atoms with Crippen LogP contribution in [0.2, 0.25) is 0 Å². The number of aromatic nitrogens is 2. The van der Waals surface area contributed by atoms with Crippen molar-refractivity contribution < 1.29 is 0 Å². The van der Waals surface area contributed by atoms with Gasteiger partial charge in [0, 0.05) is 12.4 Å². The van der Waals surface area contributed by atoms with Crippen molar-refractivity contribution in [1.82, 2.24) is 15.3 Å². The Labute approximate surface area is 79.6 Å². The number of nitrogens with zero attached hydrogens (tertiary/aromatic N) is 2. The van der Waals surface area contributed by atoms with Gasteiger partial charge in [0.05, 0.1) is 6.54 Å². The molecule has 0 saturated carbocycles. The molecule has 1 rings (SSSR count). The number of nitrogens with one attached hydrogen (secondary N) is 1. The Morgan fingerprint density at radius 3 is 2.62 bits per heavy atom. The fourth-order valence-electron chi connectivity index (χ4n) is 1.01. The molecule has 0 fully saturated rings. The highest BCUT2D eigenvalue weighted by Gasteiger charge is 1.95. The number of hydrogen-bond acceptors (Lipinski definition) is 3. The summed E-state index contributed by atoms with van der Waals surface area (Å²) in [6.45, 7) is 6.25. The fourth-order valence-corrected chi connectivity index (χ4v) is 1.01. The van der Waals surface area contributed by atoms with Crippen molar-refractivity contribution in [3.63, 3.8) is 0 Å². The molecular weight excluding hydrogens is 162 g/mol. The summed E-state index contributed by atoms with van der Waals surface area (Å²) in [6, 6.07) is 1.83. The van der Waals surface area contributed by atoms with Crippen molar-refractivity contribution in [2.75, 3.05) is 6.54 Å². The summed E-state index contributed by atoms with van der Waals surface area (Å²) >= 11 is 0. The molecule has 0 aliphatic carbocycles. The van der Waals surface area contributed by atoms with E-state index in [9.17, 15) is 0 Å². The van der Waals surface area contributed by atoms with Gasteiger partial charge in [-0.3, -0.25) is 0 Å². The molecule has 13 heavy (non-hydrogen) atoms. The van der Waals surface area contributed by atoms with Crippen molar-refractivity contribution in [2.24, 2.45) is 5.92 Å². The SMILES string of the molecule is CC(C)CCNCc1ncccn1. The van der Waals surface area contributed by atoms with Crippen LogP contribution in [0.15, 0.2) is 18.5 Å². The Morgan fingerprint density at radius 1 is 1.31 bits per heavy atom. The lowest BCUT2D eigenvalue weighted by Crippen LogP contribution is -2.17. The average Bonchev–Trinajstić information content (AvgIpc) is 2.14. The highest BCUT2D eigenvalue weighted by molar-refractivity contribution is 4.87. The maximum Gasteiger partial charge on any atom is 0.141 e. The van der Waals surface area contributed by atoms with Gasteiger partial charge in [0.15, 0.2) is 0 Å². The van der Waals surface area contributed by atoms with E-state index in [2.05, 4.69) is 29.1 Å². The van der Waals surface area contributed by atoms with Crippen molar-refractivity contribution in [2.45, 2.75) is 26.8 Å². The number of hydrogen-bond donors (Lipinski definition) is 1. The van der Waals surface area contributed by atoms with E-state index in [1.54, 1.807) is 12.4 Å². The topological polar surface area (TPSA) is 37.8 Å². The van der Waals surface area contributed by atoms with E-state index in [0.29, 0.717) is 0 Å². The third-order valence-electron chi connectivity index (χ3n) is 1.80. The zero-order chi connectivity index (χ0) is 9.52. The monoisotopic (exact) mass is 179 g/mol. The van der Waals surface area contributed by atoms with Gasteiger partial charge in [0.2, 0.25) is 0 Å². The molecule has 0 saturated heterocycles. The van der Waals surface area contributed by atoms with Crippen LogP contribution in [0, 0.1) is 5.92 Å². The molecule has 0 unspecified atom stereocenters. The summed E-state index contributed by atoms with van der Waals surface area (Å²) in [6.07, 6.45) is 4.74. The van der Waals surface area contributed by atoms with Crippen LogP contribution in [0.3, 0.4) is 0 Å². The summed E-state index contributed by atoms with van der Waals surface area (Å²) in [4.78, 5) is 8.24. The van der Waals surface area contributed by atoms with Gasteiger partial charge in [-0.15, -0.1) is 0 Å². The zero-order valence-electron chi connectivity index (χ0n) is 8.33. The van der Waals surface area contributed by atoms with Crippen LogP contribution >= 0.6 is 0 Å². The van der Waals surface area contributed by atoms with E-state index in [-0.39, 0.29) is 0 Å². The van der Waals surface area contributed by atoms with Crippen LogP contribution in [0.1, 0.15) is 26.1 Å². The van der Waals surface area contributed by atoms with E-state index in [0.717, 1.165) is 24.8 Å². The Bertz CT molecular complexity index is 221.